The van der Waals surface area contributed by atoms with Gasteiger partial charge in [-0.3, -0.25) is 9.48 Å². The van der Waals surface area contributed by atoms with E-state index in [4.69, 9.17) is 9.47 Å². The Balaban J connectivity index is 1.91. The Labute approximate surface area is 142 Å². The Morgan fingerprint density at radius 2 is 2.25 bits per heavy atom. The molecule has 2 heterocycles. The van der Waals surface area contributed by atoms with E-state index in [9.17, 15) is 4.79 Å². The van der Waals surface area contributed by atoms with Gasteiger partial charge in [0.15, 0.2) is 0 Å². The van der Waals surface area contributed by atoms with Crippen molar-refractivity contribution in [2.45, 2.75) is 33.4 Å². The first-order chi connectivity index (χ1) is 11.5. The second-order valence-electron chi connectivity index (χ2n) is 6.52. The Hall–Kier alpha value is -2.50. The highest BCUT2D eigenvalue weighted by Gasteiger charge is 2.29. The molecule has 24 heavy (non-hydrogen) atoms. The molecule has 1 aromatic heterocycles. The van der Waals surface area contributed by atoms with E-state index in [-0.39, 0.29) is 12.0 Å². The van der Waals surface area contributed by atoms with Gasteiger partial charge in [-0.05, 0) is 25.0 Å². The molecule has 0 saturated heterocycles. The zero-order valence-electron chi connectivity index (χ0n) is 14.5. The van der Waals surface area contributed by atoms with Gasteiger partial charge < -0.3 is 14.4 Å². The van der Waals surface area contributed by atoms with Crippen molar-refractivity contribution >= 4 is 11.6 Å². The van der Waals surface area contributed by atoms with Gasteiger partial charge in [-0.1, -0.05) is 13.8 Å². The van der Waals surface area contributed by atoms with E-state index in [0.717, 1.165) is 12.2 Å². The number of ether oxygens (including phenoxy) is 2. The predicted molar refractivity (Wildman–Crippen MR) is 91.8 cm³/mol. The van der Waals surface area contributed by atoms with E-state index in [1.54, 1.807) is 18.2 Å². The van der Waals surface area contributed by atoms with Crippen LogP contribution in [-0.4, -0.2) is 35.4 Å². The maximum absolute atomic E-state index is 13.0. The molecule has 128 valence electrons. The molecule has 2 aromatic rings. The van der Waals surface area contributed by atoms with Crippen molar-refractivity contribution in [2.24, 2.45) is 5.92 Å². The average molecular weight is 329 g/mol. The number of rotatable bonds is 4. The van der Waals surface area contributed by atoms with Crippen molar-refractivity contribution in [2.75, 3.05) is 18.6 Å². The monoisotopic (exact) mass is 329 g/mol. The van der Waals surface area contributed by atoms with E-state index in [0.29, 0.717) is 29.5 Å². The number of amides is 1. The normalized spacial score (nSPS) is 16.7. The summed E-state index contributed by atoms with van der Waals surface area (Å²) >= 11 is 0. The highest BCUT2D eigenvalue weighted by atomic mass is 16.5. The number of hydrogen-bond donors (Lipinski definition) is 0. The number of hydrogen-bond acceptors (Lipinski definition) is 4. The quantitative estimate of drug-likeness (QED) is 0.865. The fourth-order valence-corrected chi connectivity index (χ4v) is 2.84. The molecule has 0 aliphatic carbocycles. The maximum atomic E-state index is 13.0. The van der Waals surface area contributed by atoms with Crippen LogP contribution in [0.4, 0.5) is 5.69 Å². The van der Waals surface area contributed by atoms with Crippen LogP contribution in [0.15, 0.2) is 30.6 Å². The lowest BCUT2D eigenvalue weighted by atomic mass is 10.1. The van der Waals surface area contributed by atoms with Crippen molar-refractivity contribution in [3.63, 3.8) is 0 Å². The van der Waals surface area contributed by atoms with Gasteiger partial charge in [0.2, 0.25) is 0 Å². The second-order valence-corrected chi connectivity index (χ2v) is 6.52. The number of anilines is 1. The Morgan fingerprint density at radius 1 is 1.46 bits per heavy atom. The van der Waals surface area contributed by atoms with Crippen molar-refractivity contribution in [3.05, 3.63) is 36.2 Å². The molecule has 6 nitrogen and oxygen atoms in total. The number of aromatic nitrogens is 2. The van der Waals surface area contributed by atoms with Crippen molar-refractivity contribution in [3.8, 4) is 11.5 Å². The molecule has 3 rings (SSSR count). The fraction of sp³-hybridized carbons (Fsp3) is 0.444. The first-order valence-corrected chi connectivity index (χ1v) is 8.17. The Bertz CT molecular complexity index is 739. The SMILES string of the molecule is COc1ccc2c(c1)N(C(=O)c1cnn(CC(C)C)c1)C[C@@H](C)O2. The van der Waals surface area contributed by atoms with Gasteiger partial charge in [0, 0.05) is 18.8 Å². The number of nitrogens with zero attached hydrogens (tertiary/aromatic N) is 3. The standard InChI is InChI=1S/C18H23N3O3/c1-12(2)9-20-11-14(8-19-20)18(22)21-10-13(3)24-17-6-5-15(23-4)7-16(17)21/h5-8,11-13H,9-10H2,1-4H3/t13-/m1/s1. The highest BCUT2D eigenvalue weighted by molar-refractivity contribution is 6.07. The minimum atomic E-state index is -0.0744. The van der Waals surface area contributed by atoms with Crippen molar-refractivity contribution in [1.29, 1.82) is 0 Å². The number of methoxy groups -OCH3 is 1. The number of carbonyl (C=O) groups excluding carboxylic acids is 1. The maximum Gasteiger partial charge on any atom is 0.261 e. The Morgan fingerprint density at radius 3 is 2.96 bits per heavy atom. The van der Waals surface area contributed by atoms with E-state index in [1.165, 1.54) is 0 Å². The van der Waals surface area contributed by atoms with Crippen LogP contribution >= 0.6 is 0 Å². The van der Waals surface area contributed by atoms with Gasteiger partial charge in [-0.25, -0.2) is 0 Å². The van der Waals surface area contributed by atoms with Crippen LogP contribution in [0.1, 0.15) is 31.1 Å². The first kappa shape index (κ1) is 16.4. The summed E-state index contributed by atoms with van der Waals surface area (Å²) in [6.07, 6.45) is 3.37. The smallest absolute Gasteiger partial charge is 0.261 e. The van der Waals surface area contributed by atoms with Crippen LogP contribution in [0.2, 0.25) is 0 Å². The first-order valence-electron chi connectivity index (χ1n) is 8.17. The molecule has 0 bridgehead atoms. The topological polar surface area (TPSA) is 56.6 Å². The average Bonchev–Trinajstić information content (AvgIpc) is 3.00. The summed E-state index contributed by atoms with van der Waals surface area (Å²) in [6.45, 7) is 7.48. The lowest BCUT2D eigenvalue weighted by molar-refractivity contribution is 0.0961. The third-order valence-electron chi connectivity index (χ3n) is 3.90. The molecule has 0 fully saturated rings. The molecule has 0 unspecified atom stereocenters. The van der Waals surface area contributed by atoms with Crippen LogP contribution < -0.4 is 14.4 Å². The molecule has 1 aliphatic rings. The lowest BCUT2D eigenvalue weighted by Crippen LogP contribution is -2.42. The third kappa shape index (κ3) is 3.22. The minimum absolute atomic E-state index is 0.0689. The van der Waals surface area contributed by atoms with Gasteiger partial charge in [0.25, 0.3) is 5.91 Å². The van der Waals surface area contributed by atoms with E-state index >= 15 is 0 Å². The minimum Gasteiger partial charge on any atom is -0.497 e. The summed E-state index contributed by atoms with van der Waals surface area (Å²) in [6, 6.07) is 5.50. The molecular formula is C18H23N3O3. The van der Waals surface area contributed by atoms with Crippen molar-refractivity contribution in [1.82, 2.24) is 9.78 Å². The van der Waals surface area contributed by atoms with Gasteiger partial charge in [0.1, 0.15) is 17.6 Å². The highest BCUT2D eigenvalue weighted by Crippen LogP contribution is 2.37. The van der Waals surface area contributed by atoms with Crippen LogP contribution in [0.25, 0.3) is 0 Å². The number of fused-ring (bicyclic) bond motifs is 1. The molecule has 6 heteroatoms. The van der Waals surface area contributed by atoms with Gasteiger partial charge >= 0.3 is 0 Å². The molecular weight excluding hydrogens is 306 g/mol. The molecule has 0 spiro atoms. The number of benzene rings is 1. The lowest BCUT2D eigenvalue weighted by Gasteiger charge is -2.33. The van der Waals surface area contributed by atoms with Gasteiger partial charge in [-0.15, -0.1) is 0 Å². The zero-order valence-corrected chi connectivity index (χ0v) is 14.5. The van der Waals surface area contributed by atoms with Crippen LogP contribution in [0.3, 0.4) is 0 Å². The van der Waals surface area contributed by atoms with Crippen molar-refractivity contribution < 1.29 is 14.3 Å². The van der Waals surface area contributed by atoms with Gasteiger partial charge in [-0.2, -0.15) is 5.10 Å². The van der Waals surface area contributed by atoms with E-state index < -0.39 is 0 Å². The molecule has 1 atom stereocenters. The molecule has 1 aliphatic heterocycles. The van der Waals surface area contributed by atoms with E-state index in [2.05, 4.69) is 18.9 Å². The summed E-state index contributed by atoms with van der Waals surface area (Å²) in [7, 11) is 1.61. The largest absolute Gasteiger partial charge is 0.497 e. The molecule has 1 amide bonds. The predicted octanol–water partition coefficient (Wildman–Crippen LogP) is 2.98. The van der Waals surface area contributed by atoms with E-state index in [1.807, 2.05) is 36.0 Å². The summed E-state index contributed by atoms with van der Waals surface area (Å²) in [5.41, 5.74) is 1.31. The van der Waals surface area contributed by atoms with Gasteiger partial charge in [0.05, 0.1) is 31.1 Å². The second kappa shape index (κ2) is 6.55. The summed E-state index contributed by atoms with van der Waals surface area (Å²) < 4.78 is 12.9. The Kier molecular flexibility index (Phi) is 4.46. The van der Waals surface area contributed by atoms with Crippen LogP contribution in [0, 0.1) is 5.92 Å². The molecule has 0 saturated carbocycles. The number of carbonyl (C=O) groups is 1. The van der Waals surface area contributed by atoms with Crippen LogP contribution in [-0.2, 0) is 6.54 Å². The molecule has 0 N–H and O–H groups in total. The van der Waals surface area contributed by atoms with Crippen LogP contribution in [0.5, 0.6) is 11.5 Å². The fourth-order valence-electron chi connectivity index (χ4n) is 2.84. The summed E-state index contributed by atoms with van der Waals surface area (Å²) in [4.78, 5) is 14.7. The summed E-state index contributed by atoms with van der Waals surface area (Å²) in [5.74, 6) is 1.79. The summed E-state index contributed by atoms with van der Waals surface area (Å²) in [5, 5.41) is 4.29. The zero-order chi connectivity index (χ0) is 17.3. The third-order valence-corrected chi connectivity index (χ3v) is 3.90. The molecule has 0 radical (unpaired) electrons. The molecule has 1 aromatic carbocycles.